The number of nitrogens with zero attached hydrogens (tertiary/aromatic N) is 3. The Bertz CT molecular complexity index is 869. The largest absolute Gasteiger partial charge is 0.456 e. The lowest BCUT2D eigenvalue weighted by molar-refractivity contribution is -0.148. The van der Waals surface area contributed by atoms with Gasteiger partial charge in [0.2, 0.25) is 11.7 Å². The van der Waals surface area contributed by atoms with Gasteiger partial charge in [0.05, 0.1) is 6.42 Å². The summed E-state index contributed by atoms with van der Waals surface area (Å²) in [5, 5.41) is 8.81. The molecule has 2 atom stereocenters. The zero-order valence-electron chi connectivity index (χ0n) is 16.8. The lowest BCUT2D eigenvalue weighted by Crippen LogP contribution is -2.48. The first kappa shape index (κ1) is 21.4. The van der Waals surface area contributed by atoms with Crippen LogP contribution >= 0.6 is 0 Å². The number of carbonyl (C=O) groups is 3. The van der Waals surface area contributed by atoms with Crippen LogP contribution in [0.2, 0.25) is 0 Å². The second-order valence-corrected chi connectivity index (χ2v) is 7.28. The van der Waals surface area contributed by atoms with Crippen molar-refractivity contribution in [3.8, 4) is 11.5 Å². The van der Waals surface area contributed by atoms with Gasteiger partial charge in [-0.2, -0.15) is 4.98 Å². The molecule has 2 aromatic rings. The first-order chi connectivity index (χ1) is 14.5. The number of pyridine rings is 1. The summed E-state index contributed by atoms with van der Waals surface area (Å²) in [5.41, 5.74) is 0.563. The number of ether oxygens (including phenoxy) is 1. The average molecular weight is 415 g/mol. The Morgan fingerprint density at radius 3 is 2.83 bits per heavy atom. The molecule has 30 heavy (non-hydrogen) atoms. The van der Waals surface area contributed by atoms with E-state index in [0.29, 0.717) is 17.4 Å². The Morgan fingerprint density at radius 2 is 2.07 bits per heavy atom. The zero-order chi connectivity index (χ0) is 21.3. The van der Waals surface area contributed by atoms with Crippen LogP contribution in [0.4, 0.5) is 4.79 Å². The molecule has 1 aliphatic rings. The van der Waals surface area contributed by atoms with Crippen molar-refractivity contribution < 1.29 is 23.6 Å². The summed E-state index contributed by atoms with van der Waals surface area (Å²) >= 11 is 0. The fourth-order valence-electron chi connectivity index (χ4n) is 3.28. The summed E-state index contributed by atoms with van der Waals surface area (Å²) in [6, 6.07) is 4.81. The molecular formula is C20H25N5O5. The van der Waals surface area contributed by atoms with Crippen molar-refractivity contribution >= 4 is 17.9 Å². The van der Waals surface area contributed by atoms with Gasteiger partial charge in [0.15, 0.2) is 6.61 Å². The molecule has 1 aliphatic carbocycles. The van der Waals surface area contributed by atoms with Gasteiger partial charge in [0.1, 0.15) is 5.69 Å². The zero-order valence-corrected chi connectivity index (χ0v) is 16.8. The van der Waals surface area contributed by atoms with Crippen LogP contribution in [0.5, 0.6) is 0 Å². The summed E-state index contributed by atoms with van der Waals surface area (Å²) in [7, 11) is 0. The quantitative estimate of drug-likeness (QED) is 0.655. The minimum absolute atomic E-state index is 0.0388. The lowest BCUT2D eigenvalue weighted by atomic mass is 9.86. The lowest BCUT2D eigenvalue weighted by Gasteiger charge is -2.29. The highest BCUT2D eigenvalue weighted by atomic mass is 16.5. The van der Waals surface area contributed by atoms with E-state index in [0.717, 1.165) is 25.7 Å². The maximum atomic E-state index is 11.9. The van der Waals surface area contributed by atoms with Gasteiger partial charge in [-0.1, -0.05) is 31.0 Å². The highest BCUT2D eigenvalue weighted by Crippen LogP contribution is 2.23. The van der Waals surface area contributed by atoms with Crippen LogP contribution in [-0.4, -0.2) is 45.7 Å². The maximum absolute atomic E-state index is 11.9. The number of hydrogen-bond acceptors (Lipinski definition) is 8. The first-order valence-corrected chi connectivity index (χ1v) is 10.0. The number of amides is 3. The predicted octanol–water partition coefficient (Wildman–Crippen LogP) is 2.01. The summed E-state index contributed by atoms with van der Waals surface area (Å²) in [4.78, 5) is 43.9. The molecule has 10 heteroatoms. The predicted molar refractivity (Wildman–Crippen MR) is 105 cm³/mol. The smallest absolute Gasteiger partial charge is 0.321 e. The van der Waals surface area contributed by atoms with Gasteiger partial charge in [-0.3, -0.25) is 19.9 Å². The Morgan fingerprint density at radius 1 is 1.23 bits per heavy atom. The van der Waals surface area contributed by atoms with Crippen LogP contribution in [-0.2, 0) is 20.7 Å². The first-order valence-electron chi connectivity index (χ1n) is 10.0. The number of hydrogen-bond donors (Lipinski definition) is 2. The molecule has 0 aromatic carbocycles. The molecule has 0 aliphatic heterocycles. The summed E-state index contributed by atoms with van der Waals surface area (Å²) in [6.45, 7) is 1.55. The van der Waals surface area contributed by atoms with Crippen molar-refractivity contribution in [1.29, 1.82) is 0 Å². The maximum Gasteiger partial charge on any atom is 0.321 e. The molecule has 10 nitrogen and oxygen atoms in total. The van der Waals surface area contributed by atoms with E-state index in [-0.39, 0.29) is 24.8 Å². The van der Waals surface area contributed by atoms with Gasteiger partial charge in [0, 0.05) is 18.7 Å². The molecule has 0 spiro atoms. The van der Waals surface area contributed by atoms with E-state index in [1.54, 1.807) is 24.4 Å². The molecule has 0 radical (unpaired) electrons. The molecule has 160 valence electrons. The third-order valence-electron chi connectivity index (χ3n) is 4.95. The van der Waals surface area contributed by atoms with Crippen LogP contribution < -0.4 is 10.6 Å². The summed E-state index contributed by atoms with van der Waals surface area (Å²) in [6.07, 6.45) is 5.91. The van der Waals surface area contributed by atoms with E-state index >= 15 is 0 Å². The Balaban J connectivity index is 1.35. The van der Waals surface area contributed by atoms with Crippen LogP contribution in [0, 0.1) is 5.92 Å². The second kappa shape index (κ2) is 10.5. The second-order valence-electron chi connectivity index (χ2n) is 7.28. The standard InChI is InChI=1S/C20H25N5O5/c1-13-6-2-3-7-14(13)22-20(28)23-16(26)12-29-18(27)10-9-17-24-19(25-30-17)15-8-4-5-11-21-15/h4-5,8,11,13-14H,2-3,6-7,9-10,12H2,1H3,(H2,22,23,26,28). The number of imide groups is 1. The molecule has 2 unspecified atom stereocenters. The van der Waals surface area contributed by atoms with Crippen LogP contribution in [0.15, 0.2) is 28.9 Å². The van der Waals surface area contributed by atoms with Crippen LogP contribution in [0.3, 0.4) is 0 Å². The monoisotopic (exact) mass is 415 g/mol. The fraction of sp³-hybridized carbons (Fsp3) is 0.500. The number of esters is 1. The third kappa shape index (κ3) is 6.36. The van der Waals surface area contributed by atoms with E-state index in [9.17, 15) is 14.4 Å². The minimum atomic E-state index is -0.681. The minimum Gasteiger partial charge on any atom is -0.456 e. The number of nitrogens with one attached hydrogen (secondary N) is 2. The summed E-state index contributed by atoms with van der Waals surface area (Å²) in [5.74, 6) is -0.321. The molecule has 1 fully saturated rings. The van der Waals surface area contributed by atoms with Gasteiger partial charge in [-0.25, -0.2) is 4.79 Å². The summed E-state index contributed by atoms with van der Waals surface area (Å²) < 4.78 is 9.98. The number of carbonyl (C=O) groups excluding carboxylic acids is 3. The highest BCUT2D eigenvalue weighted by molar-refractivity contribution is 5.95. The van der Waals surface area contributed by atoms with Crippen molar-refractivity contribution in [3.63, 3.8) is 0 Å². The molecule has 2 heterocycles. The average Bonchev–Trinajstić information content (AvgIpc) is 3.22. The fourth-order valence-corrected chi connectivity index (χ4v) is 3.28. The van der Waals surface area contributed by atoms with Crippen molar-refractivity contribution in [1.82, 2.24) is 25.8 Å². The van der Waals surface area contributed by atoms with Gasteiger partial charge < -0.3 is 14.6 Å². The van der Waals surface area contributed by atoms with Gasteiger partial charge in [-0.15, -0.1) is 0 Å². The Hall–Kier alpha value is -3.30. The molecule has 2 N–H and O–H groups in total. The number of aryl methyl sites for hydroxylation is 1. The Labute approximate surface area is 173 Å². The van der Waals surface area contributed by atoms with E-state index in [1.165, 1.54) is 0 Å². The van der Waals surface area contributed by atoms with Gasteiger partial charge >= 0.3 is 12.0 Å². The molecule has 1 saturated carbocycles. The SMILES string of the molecule is CC1CCCCC1NC(=O)NC(=O)COC(=O)CCc1nc(-c2ccccn2)no1. The van der Waals surface area contributed by atoms with Crippen molar-refractivity contribution in [2.75, 3.05) is 6.61 Å². The van der Waals surface area contributed by atoms with E-state index in [1.807, 2.05) is 0 Å². The van der Waals surface area contributed by atoms with E-state index < -0.39 is 24.5 Å². The molecule has 3 rings (SSSR count). The normalized spacial score (nSPS) is 18.4. The van der Waals surface area contributed by atoms with Crippen molar-refractivity contribution in [2.45, 2.75) is 51.5 Å². The van der Waals surface area contributed by atoms with E-state index in [2.05, 4.69) is 32.7 Å². The molecule has 0 bridgehead atoms. The van der Waals surface area contributed by atoms with E-state index in [4.69, 9.17) is 9.26 Å². The molecule has 3 amide bonds. The topological polar surface area (TPSA) is 136 Å². The highest BCUT2D eigenvalue weighted by Gasteiger charge is 2.23. The van der Waals surface area contributed by atoms with Crippen molar-refractivity contribution in [2.24, 2.45) is 5.92 Å². The third-order valence-corrected chi connectivity index (χ3v) is 4.95. The Kier molecular flexibility index (Phi) is 7.47. The van der Waals surface area contributed by atoms with Crippen LogP contribution in [0.25, 0.3) is 11.5 Å². The molecular weight excluding hydrogens is 390 g/mol. The molecule has 2 aromatic heterocycles. The van der Waals surface area contributed by atoms with Gasteiger partial charge in [0.25, 0.3) is 5.91 Å². The molecule has 0 saturated heterocycles. The van der Waals surface area contributed by atoms with Crippen molar-refractivity contribution in [3.05, 3.63) is 30.3 Å². The number of urea groups is 1. The van der Waals surface area contributed by atoms with Crippen LogP contribution in [0.1, 0.15) is 44.9 Å². The van der Waals surface area contributed by atoms with Gasteiger partial charge in [-0.05, 0) is 30.9 Å². The number of aromatic nitrogens is 3. The number of rotatable bonds is 7.